The maximum absolute atomic E-state index is 11.2. The Bertz CT molecular complexity index is 435. The van der Waals surface area contributed by atoms with Crippen LogP contribution in [-0.4, -0.2) is 33.9 Å². The number of nitrogens with two attached hydrogens (primary N) is 1. The number of nitrogen functional groups attached to an aromatic ring is 1. The van der Waals surface area contributed by atoms with E-state index in [1.807, 2.05) is 0 Å². The van der Waals surface area contributed by atoms with Crippen molar-refractivity contribution in [1.29, 1.82) is 0 Å². The molecule has 0 spiro atoms. The molecule has 0 aromatic carbocycles. The van der Waals surface area contributed by atoms with Crippen LogP contribution in [0.5, 0.6) is 0 Å². The highest BCUT2D eigenvalue weighted by atomic mass is 16.6. The van der Waals surface area contributed by atoms with Gasteiger partial charge in [-0.05, 0) is 6.92 Å². The second-order valence-electron chi connectivity index (χ2n) is 3.03. The standard InChI is InChI=1S/C8H12N6O3/c1-2-10-6(15)4-11-7-5(14(16)17)3-12-8(9)13-7/h3H,2,4H2,1H3,(H,10,15)(H3,9,11,12,13). The lowest BCUT2D eigenvalue weighted by Crippen LogP contribution is -2.29. The van der Waals surface area contributed by atoms with Gasteiger partial charge in [-0.2, -0.15) is 4.98 Å². The number of nitrogens with one attached hydrogen (secondary N) is 2. The Morgan fingerprint density at radius 2 is 2.35 bits per heavy atom. The number of amides is 1. The number of nitrogens with zero attached hydrogens (tertiary/aromatic N) is 3. The van der Waals surface area contributed by atoms with Crippen LogP contribution in [0.4, 0.5) is 17.5 Å². The van der Waals surface area contributed by atoms with Crippen molar-refractivity contribution in [3.05, 3.63) is 16.3 Å². The maximum Gasteiger partial charge on any atom is 0.329 e. The summed E-state index contributed by atoms with van der Waals surface area (Å²) in [5.41, 5.74) is 4.98. The zero-order valence-corrected chi connectivity index (χ0v) is 9.14. The van der Waals surface area contributed by atoms with Crippen LogP contribution in [0.2, 0.25) is 0 Å². The summed E-state index contributed by atoms with van der Waals surface area (Å²) in [5.74, 6) is -0.471. The van der Waals surface area contributed by atoms with Crippen LogP contribution in [-0.2, 0) is 4.79 Å². The van der Waals surface area contributed by atoms with Crippen LogP contribution in [0, 0.1) is 10.1 Å². The van der Waals surface area contributed by atoms with Crippen molar-refractivity contribution >= 4 is 23.4 Å². The molecular formula is C8H12N6O3. The van der Waals surface area contributed by atoms with Gasteiger partial charge in [0.25, 0.3) is 0 Å². The smallest absolute Gasteiger partial charge is 0.329 e. The van der Waals surface area contributed by atoms with Gasteiger partial charge in [-0.1, -0.05) is 0 Å². The fraction of sp³-hybridized carbons (Fsp3) is 0.375. The first-order valence-electron chi connectivity index (χ1n) is 4.82. The molecule has 0 atom stereocenters. The molecule has 9 nitrogen and oxygen atoms in total. The van der Waals surface area contributed by atoms with Crippen molar-refractivity contribution in [2.24, 2.45) is 0 Å². The van der Waals surface area contributed by atoms with Gasteiger partial charge in [0.1, 0.15) is 6.20 Å². The number of carbonyl (C=O) groups is 1. The quantitative estimate of drug-likeness (QED) is 0.466. The first-order chi connectivity index (χ1) is 8.04. The third-order valence-corrected chi connectivity index (χ3v) is 1.78. The summed E-state index contributed by atoms with van der Waals surface area (Å²) in [7, 11) is 0. The number of hydrogen-bond acceptors (Lipinski definition) is 7. The minimum atomic E-state index is -0.653. The van der Waals surface area contributed by atoms with Gasteiger partial charge in [-0.25, -0.2) is 4.98 Å². The molecule has 0 radical (unpaired) electrons. The van der Waals surface area contributed by atoms with E-state index in [9.17, 15) is 14.9 Å². The van der Waals surface area contributed by atoms with Crippen molar-refractivity contribution in [3.8, 4) is 0 Å². The highest BCUT2D eigenvalue weighted by molar-refractivity contribution is 5.81. The first kappa shape index (κ1) is 12.6. The number of carbonyl (C=O) groups excluding carboxylic acids is 1. The molecule has 17 heavy (non-hydrogen) atoms. The average molecular weight is 240 g/mol. The Balaban J connectivity index is 2.78. The largest absolute Gasteiger partial charge is 0.368 e. The molecule has 0 saturated carbocycles. The van der Waals surface area contributed by atoms with E-state index in [0.717, 1.165) is 6.20 Å². The Kier molecular flexibility index (Phi) is 4.14. The average Bonchev–Trinajstić information content (AvgIpc) is 2.26. The van der Waals surface area contributed by atoms with Gasteiger partial charge in [-0.3, -0.25) is 14.9 Å². The molecule has 1 heterocycles. The van der Waals surface area contributed by atoms with E-state index in [2.05, 4.69) is 20.6 Å². The normalized spacial score (nSPS) is 9.71. The predicted octanol–water partition coefficient (Wildman–Crippen LogP) is -0.485. The summed E-state index contributed by atoms with van der Waals surface area (Å²) in [6.45, 7) is 2.13. The topological polar surface area (TPSA) is 136 Å². The van der Waals surface area contributed by atoms with E-state index in [1.54, 1.807) is 6.92 Å². The van der Waals surface area contributed by atoms with Crippen LogP contribution < -0.4 is 16.4 Å². The predicted molar refractivity (Wildman–Crippen MR) is 60.3 cm³/mol. The van der Waals surface area contributed by atoms with E-state index >= 15 is 0 Å². The van der Waals surface area contributed by atoms with Gasteiger partial charge in [0.2, 0.25) is 17.7 Å². The van der Waals surface area contributed by atoms with Gasteiger partial charge in [0, 0.05) is 6.54 Å². The molecule has 0 aliphatic carbocycles. The molecule has 0 bridgehead atoms. The molecule has 92 valence electrons. The van der Waals surface area contributed by atoms with Gasteiger partial charge >= 0.3 is 5.69 Å². The Morgan fingerprint density at radius 3 is 2.94 bits per heavy atom. The monoisotopic (exact) mass is 240 g/mol. The Labute approximate surface area is 96.6 Å². The second kappa shape index (κ2) is 5.58. The summed E-state index contributed by atoms with van der Waals surface area (Å²) < 4.78 is 0. The summed E-state index contributed by atoms with van der Waals surface area (Å²) in [5, 5.41) is 15.7. The van der Waals surface area contributed by atoms with Crippen molar-refractivity contribution < 1.29 is 9.72 Å². The Morgan fingerprint density at radius 1 is 1.65 bits per heavy atom. The van der Waals surface area contributed by atoms with E-state index in [0.29, 0.717) is 6.54 Å². The second-order valence-corrected chi connectivity index (χ2v) is 3.03. The SMILES string of the molecule is CCNC(=O)CNc1nc(N)ncc1[N+](=O)[O-]. The molecule has 0 fully saturated rings. The van der Waals surface area contributed by atoms with Crippen molar-refractivity contribution in [2.45, 2.75) is 6.92 Å². The molecule has 9 heteroatoms. The highest BCUT2D eigenvalue weighted by Gasteiger charge is 2.16. The lowest BCUT2D eigenvalue weighted by molar-refractivity contribution is -0.384. The Hall–Kier alpha value is -2.45. The summed E-state index contributed by atoms with van der Waals surface area (Å²) in [6.07, 6.45) is 0.988. The van der Waals surface area contributed by atoms with E-state index < -0.39 is 4.92 Å². The van der Waals surface area contributed by atoms with Gasteiger partial charge in [-0.15, -0.1) is 0 Å². The van der Waals surface area contributed by atoms with Crippen LogP contribution in [0.25, 0.3) is 0 Å². The molecule has 0 saturated heterocycles. The number of nitro groups is 1. The molecule has 1 amide bonds. The van der Waals surface area contributed by atoms with Gasteiger partial charge in [0.05, 0.1) is 11.5 Å². The maximum atomic E-state index is 11.2. The third-order valence-electron chi connectivity index (χ3n) is 1.78. The third kappa shape index (κ3) is 3.55. The van der Waals surface area contributed by atoms with Crippen LogP contribution in [0.3, 0.4) is 0 Å². The molecule has 0 unspecified atom stereocenters. The molecule has 4 N–H and O–H groups in total. The summed E-state index contributed by atoms with van der Waals surface area (Å²) in [6, 6.07) is 0. The number of anilines is 2. The summed E-state index contributed by atoms with van der Waals surface area (Å²) in [4.78, 5) is 28.3. The molecule has 0 aliphatic heterocycles. The van der Waals surface area contributed by atoms with Crippen molar-refractivity contribution in [3.63, 3.8) is 0 Å². The fourth-order valence-corrected chi connectivity index (χ4v) is 1.08. The lowest BCUT2D eigenvalue weighted by Gasteiger charge is -2.06. The van der Waals surface area contributed by atoms with Crippen molar-refractivity contribution in [2.75, 3.05) is 24.1 Å². The lowest BCUT2D eigenvalue weighted by atomic mass is 10.4. The zero-order valence-electron chi connectivity index (χ0n) is 9.14. The minimum Gasteiger partial charge on any atom is -0.368 e. The zero-order chi connectivity index (χ0) is 12.8. The molecule has 1 aromatic rings. The number of aromatic nitrogens is 2. The van der Waals surface area contributed by atoms with Crippen LogP contribution in [0.1, 0.15) is 6.92 Å². The van der Waals surface area contributed by atoms with E-state index in [1.165, 1.54) is 0 Å². The van der Waals surface area contributed by atoms with Crippen LogP contribution in [0.15, 0.2) is 6.20 Å². The van der Waals surface area contributed by atoms with E-state index in [-0.39, 0.29) is 29.9 Å². The fourth-order valence-electron chi connectivity index (χ4n) is 1.08. The summed E-state index contributed by atoms with van der Waals surface area (Å²) >= 11 is 0. The van der Waals surface area contributed by atoms with Crippen LogP contribution >= 0.6 is 0 Å². The first-order valence-corrected chi connectivity index (χ1v) is 4.82. The minimum absolute atomic E-state index is 0.0752. The number of rotatable bonds is 5. The molecule has 1 rings (SSSR count). The van der Waals surface area contributed by atoms with Gasteiger partial charge < -0.3 is 16.4 Å². The number of likely N-dealkylation sites (N-methyl/N-ethyl adjacent to an activating group) is 1. The van der Waals surface area contributed by atoms with Gasteiger partial charge in [0.15, 0.2) is 0 Å². The molecule has 0 aliphatic rings. The molecule has 1 aromatic heterocycles. The van der Waals surface area contributed by atoms with Crippen molar-refractivity contribution in [1.82, 2.24) is 15.3 Å². The number of hydrogen-bond donors (Lipinski definition) is 3. The molecular weight excluding hydrogens is 228 g/mol. The highest BCUT2D eigenvalue weighted by Crippen LogP contribution is 2.20. The van der Waals surface area contributed by atoms with E-state index in [4.69, 9.17) is 5.73 Å².